The molecule has 0 atom stereocenters. The molecule has 2 N–H and O–H groups in total. The van der Waals surface area contributed by atoms with Crippen molar-refractivity contribution in [1.82, 2.24) is 0 Å². The average Bonchev–Trinajstić information content (AvgIpc) is 2.12. The summed E-state index contributed by atoms with van der Waals surface area (Å²) in [7, 11) is 1.48. The third-order valence-corrected chi connectivity index (χ3v) is 2.17. The lowest BCUT2D eigenvalue weighted by molar-refractivity contribution is 0.274. The van der Waals surface area contributed by atoms with E-state index >= 15 is 0 Å². The summed E-state index contributed by atoms with van der Waals surface area (Å²) in [5.41, 5.74) is 0.947. The SMILES string of the molecule is COc1c(Cl)cc(CO)c(O)c1C. The van der Waals surface area contributed by atoms with Crippen LogP contribution in [0.3, 0.4) is 0 Å². The van der Waals surface area contributed by atoms with Crippen LogP contribution in [0.1, 0.15) is 11.1 Å². The molecule has 4 heteroatoms. The van der Waals surface area contributed by atoms with Crippen molar-refractivity contribution in [2.75, 3.05) is 7.11 Å². The van der Waals surface area contributed by atoms with Crippen LogP contribution in [0.4, 0.5) is 0 Å². The van der Waals surface area contributed by atoms with Crippen LogP contribution in [0.15, 0.2) is 6.07 Å². The zero-order valence-corrected chi connectivity index (χ0v) is 8.22. The van der Waals surface area contributed by atoms with Gasteiger partial charge in [0.25, 0.3) is 0 Å². The van der Waals surface area contributed by atoms with Gasteiger partial charge in [-0.15, -0.1) is 0 Å². The quantitative estimate of drug-likeness (QED) is 0.770. The maximum absolute atomic E-state index is 9.54. The zero-order valence-electron chi connectivity index (χ0n) is 7.47. The number of methoxy groups -OCH3 is 1. The number of benzene rings is 1. The van der Waals surface area contributed by atoms with Gasteiger partial charge in [-0.1, -0.05) is 11.6 Å². The first-order chi connectivity index (χ1) is 6.11. The van der Waals surface area contributed by atoms with Crippen molar-refractivity contribution >= 4 is 11.6 Å². The van der Waals surface area contributed by atoms with E-state index in [0.29, 0.717) is 21.9 Å². The minimum Gasteiger partial charge on any atom is -0.507 e. The van der Waals surface area contributed by atoms with Gasteiger partial charge in [-0.3, -0.25) is 0 Å². The van der Waals surface area contributed by atoms with E-state index in [0.717, 1.165) is 0 Å². The molecule has 0 spiro atoms. The second kappa shape index (κ2) is 3.85. The first-order valence-corrected chi connectivity index (χ1v) is 4.15. The maximum atomic E-state index is 9.54. The molecule has 0 bridgehead atoms. The van der Waals surface area contributed by atoms with E-state index < -0.39 is 0 Å². The number of hydrogen-bond donors (Lipinski definition) is 2. The van der Waals surface area contributed by atoms with Gasteiger partial charge in [0.15, 0.2) is 0 Å². The molecule has 0 radical (unpaired) electrons. The first kappa shape index (κ1) is 10.2. The summed E-state index contributed by atoms with van der Waals surface area (Å²) >= 11 is 5.84. The second-order valence-corrected chi connectivity index (χ2v) is 3.09. The highest BCUT2D eigenvalue weighted by atomic mass is 35.5. The van der Waals surface area contributed by atoms with Crippen LogP contribution in [0.2, 0.25) is 5.02 Å². The van der Waals surface area contributed by atoms with Gasteiger partial charge in [0.05, 0.1) is 18.7 Å². The van der Waals surface area contributed by atoms with Gasteiger partial charge in [-0.2, -0.15) is 0 Å². The van der Waals surface area contributed by atoms with E-state index in [9.17, 15) is 5.11 Å². The second-order valence-electron chi connectivity index (χ2n) is 2.68. The molecule has 1 aromatic carbocycles. The summed E-state index contributed by atoms with van der Waals surface area (Å²) in [6.45, 7) is 1.44. The minimum absolute atomic E-state index is 0.0313. The van der Waals surface area contributed by atoms with Gasteiger partial charge in [0.1, 0.15) is 11.5 Å². The predicted molar refractivity (Wildman–Crippen MR) is 50.3 cm³/mol. The average molecular weight is 203 g/mol. The lowest BCUT2D eigenvalue weighted by Crippen LogP contribution is -1.93. The molecule has 0 saturated carbocycles. The van der Waals surface area contributed by atoms with E-state index in [1.54, 1.807) is 6.92 Å². The third-order valence-electron chi connectivity index (χ3n) is 1.89. The Labute approximate surface area is 81.5 Å². The van der Waals surface area contributed by atoms with Crippen molar-refractivity contribution in [3.63, 3.8) is 0 Å². The van der Waals surface area contributed by atoms with Crippen molar-refractivity contribution in [3.8, 4) is 11.5 Å². The van der Waals surface area contributed by atoms with Gasteiger partial charge in [0.2, 0.25) is 0 Å². The summed E-state index contributed by atoms with van der Waals surface area (Å²) in [6, 6.07) is 1.49. The third kappa shape index (κ3) is 1.71. The van der Waals surface area contributed by atoms with Crippen molar-refractivity contribution in [1.29, 1.82) is 0 Å². The summed E-state index contributed by atoms with van der Waals surface area (Å²) in [5.74, 6) is 0.472. The highest BCUT2D eigenvalue weighted by Gasteiger charge is 2.12. The monoisotopic (exact) mass is 202 g/mol. The van der Waals surface area contributed by atoms with Gasteiger partial charge in [-0.25, -0.2) is 0 Å². The predicted octanol–water partition coefficient (Wildman–Crippen LogP) is 1.85. The van der Waals surface area contributed by atoms with Crippen LogP contribution in [0.25, 0.3) is 0 Å². The lowest BCUT2D eigenvalue weighted by atomic mass is 10.1. The fourth-order valence-electron chi connectivity index (χ4n) is 1.19. The molecule has 0 aromatic heterocycles. The number of aromatic hydroxyl groups is 1. The molecule has 0 aliphatic rings. The smallest absolute Gasteiger partial charge is 0.144 e. The van der Waals surface area contributed by atoms with E-state index in [1.165, 1.54) is 13.2 Å². The molecule has 0 aliphatic heterocycles. The highest BCUT2D eigenvalue weighted by Crippen LogP contribution is 2.36. The molecule has 1 rings (SSSR count). The number of halogens is 1. The maximum Gasteiger partial charge on any atom is 0.144 e. The Balaban J connectivity index is 3.37. The summed E-state index contributed by atoms with van der Waals surface area (Å²) in [5, 5.41) is 18.8. The topological polar surface area (TPSA) is 49.7 Å². The molecule has 0 amide bonds. The molecular formula is C9H11ClO3. The molecule has 0 heterocycles. The number of aliphatic hydroxyl groups excluding tert-OH is 1. The van der Waals surface area contributed by atoms with E-state index in [1.807, 2.05) is 0 Å². The van der Waals surface area contributed by atoms with Crippen LogP contribution in [-0.4, -0.2) is 17.3 Å². The number of ether oxygens (including phenoxy) is 1. The van der Waals surface area contributed by atoms with Gasteiger partial charge in [0, 0.05) is 11.1 Å². The standard InChI is InChI=1S/C9H11ClO3/c1-5-8(12)6(4-11)3-7(10)9(5)13-2/h3,11-12H,4H2,1-2H3. The van der Waals surface area contributed by atoms with E-state index in [4.69, 9.17) is 21.4 Å². The number of hydrogen-bond acceptors (Lipinski definition) is 3. The fraction of sp³-hybridized carbons (Fsp3) is 0.333. The number of aliphatic hydroxyl groups is 1. The Hall–Kier alpha value is -0.930. The van der Waals surface area contributed by atoms with Crippen LogP contribution in [0.5, 0.6) is 11.5 Å². The molecule has 13 heavy (non-hydrogen) atoms. The summed E-state index contributed by atoms with van der Waals surface area (Å²) < 4.78 is 4.98. The van der Waals surface area contributed by atoms with Crippen LogP contribution in [0, 0.1) is 6.92 Å². The van der Waals surface area contributed by atoms with E-state index in [-0.39, 0.29) is 12.4 Å². The molecule has 0 aliphatic carbocycles. The Kier molecular flexibility index (Phi) is 3.01. The summed E-state index contributed by atoms with van der Waals surface area (Å²) in [6.07, 6.45) is 0. The highest BCUT2D eigenvalue weighted by molar-refractivity contribution is 6.32. The largest absolute Gasteiger partial charge is 0.507 e. The van der Waals surface area contributed by atoms with Crippen molar-refractivity contribution < 1.29 is 14.9 Å². The Morgan fingerprint density at radius 2 is 2.15 bits per heavy atom. The Morgan fingerprint density at radius 3 is 2.62 bits per heavy atom. The summed E-state index contributed by atoms with van der Waals surface area (Å²) in [4.78, 5) is 0. The van der Waals surface area contributed by atoms with Crippen molar-refractivity contribution in [3.05, 3.63) is 22.2 Å². The molecule has 1 aromatic rings. The normalized spacial score (nSPS) is 10.2. The van der Waals surface area contributed by atoms with E-state index in [2.05, 4.69) is 0 Å². The fourth-order valence-corrected chi connectivity index (χ4v) is 1.54. The van der Waals surface area contributed by atoms with Crippen molar-refractivity contribution in [2.24, 2.45) is 0 Å². The molecule has 3 nitrogen and oxygen atoms in total. The van der Waals surface area contributed by atoms with Gasteiger partial charge < -0.3 is 14.9 Å². The Bertz CT molecular complexity index is 323. The zero-order chi connectivity index (χ0) is 10.0. The van der Waals surface area contributed by atoms with Gasteiger partial charge >= 0.3 is 0 Å². The number of rotatable bonds is 2. The van der Waals surface area contributed by atoms with Crippen LogP contribution >= 0.6 is 11.6 Å². The molecule has 0 saturated heterocycles. The van der Waals surface area contributed by atoms with Gasteiger partial charge in [-0.05, 0) is 13.0 Å². The first-order valence-electron chi connectivity index (χ1n) is 3.77. The molecular weight excluding hydrogens is 192 g/mol. The lowest BCUT2D eigenvalue weighted by Gasteiger charge is -2.11. The number of phenols is 1. The Morgan fingerprint density at radius 1 is 1.54 bits per heavy atom. The van der Waals surface area contributed by atoms with Crippen LogP contribution in [-0.2, 0) is 6.61 Å². The molecule has 0 fully saturated rings. The minimum atomic E-state index is -0.240. The molecule has 0 unspecified atom stereocenters. The van der Waals surface area contributed by atoms with Crippen LogP contribution < -0.4 is 4.74 Å². The molecule has 72 valence electrons. The van der Waals surface area contributed by atoms with Crippen molar-refractivity contribution in [2.45, 2.75) is 13.5 Å².